The fourth-order valence-electron chi connectivity index (χ4n) is 2.23. The van der Waals surface area contributed by atoms with Gasteiger partial charge in [0.1, 0.15) is 5.75 Å². The second kappa shape index (κ2) is 6.36. The molecule has 6 heteroatoms. The predicted molar refractivity (Wildman–Crippen MR) is 71.7 cm³/mol. The normalized spacial score (nSPS) is 16.6. The van der Waals surface area contributed by atoms with E-state index in [1.54, 1.807) is 11.8 Å². The van der Waals surface area contributed by atoms with Gasteiger partial charge in [0.15, 0.2) is 6.10 Å². The first-order chi connectivity index (χ1) is 9.58. The number of ether oxygens (including phenoxy) is 1. The second-order valence-corrected chi connectivity index (χ2v) is 4.86. The monoisotopic (exact) mass is 278 g/mol. The summed E-state index contributed by atoms with van der Waals surface area (Å²) in [5, 5.41) is 8.89. The Bertz CT molecular complexity index is 498. The minimum absolute atomic E-state index is 0.0418. The molecule has 1 N–H and O–H groups in total. The highest BCUT2D eigenvalue weighted by Crippen LogP contribution is 2.16. The lowest BCUT2D eigenvalue weighted by Gasteiger charge is -2.29. The molecule has 0 bridgehead atoms. The van der Waals surface area contributed by atoms with Gasteiger partial charge in [-0.2, -0.15) is 0 Å². The molecule has 1 amide bonds. The first-order valence-corrected chi connectivity index (χ1v) is 6.71. The zero-order valence-electron chi connectivity index (χ0n) is 11.4. The van der Waals surface area contributed by atoms with E-state index in [-0.39, 0.29) is 11.5 Å². The third kappa shape index (κ3) is 3.46. The molecule has 6 nitrogen and oxygen atoms in total. The number of rotatable bonds is 4. The number of amides is 1. The van der Waals surface area contributed by atoms with E-state index in [2.05, 4.69) is 4.98 Å². The lowest BCUT2D eigenvalue weighted by Crippen LogP contribution is -2.43. The van der Waals surface area contributed by atoms with E-state index in [4.69, 9.17) is 9.84 Å². The van der Waals surface area contributed by atoms with Crippen LogP contribution in [0.25, 0.3) is 0 Å². The van der Waals surface area contributed by atoms with E-state index in [0.29, 0.717) is 5.75 Å². The van der Waals surface area contributed by atoms with Gasteiger partial charge >= 0.3 is 5.97 Å². The molecule has 1 fully saturated rings. The number of carboxylic acid groups (broad SMARTS) is 1. The average molecular weight is 278 g/mol. The van der Waals surface area contributed by atoms with E-state index < -0.39 is 12.1 Å². The van der Waals surface area contributed by atoms with Crippen LogP contribution >= 0.6 is 0 Å². The fourth-order valence-corrected chi connectivity index (χ4v) is 2.23. The van der Waals surface area contributed by atoms with E-state index in [1.165, 1.54) is 18.5 Å². The molecule has 1 aromatic heterocycles. The van der Waals surface area contributed by atoms with Crippen molar-refractivity contribution >= 4 is 11.9 Å². The minimum Gasteiger partial charge on any atom is -0.479 e. The quantitative estimate of drug-likeness (QED) is 0.904. The molecular formula is C14H18N2O4. The van der Waals surface area contributed by atoms with Crippen molar-refractivity contribution in [3.63, 3.8) is 0 Å². The highest BCUT2D eigenvalue weighted by atomic mass is 16.5. The van der Waals surface area contributed by atoms with Crippen molar-refractivity contribution in [2.45, 2.75) is 32.3 Å². The number of nitrogens with zero attached hydrogens (tertiary/aromatic N) is 2. The summed E-state index contributed by atoms with van der Waals surface area (Å²) in [6, 6.07) is 1.37. The average Bonchev–Trinajstić information content (AvgIpc) is 2.47. The fraction of sp³-hybridized carbons (Fsp3) is 0.500. The van der Waals surface area contributed by atoms with Crippen LogP contribution in [0, 0.1) is 0 Å². The zero-order valence-corrected chi connectivity index (χ0v) is 11.4. The lowest BCUT2D eigenvalue weighted by molar-refractivity contribution is -0.138. The van der Waals surface area contributed by atoms with Gasteiger partial charge in [0.05, 0.1) is 11.8 Å². The molecule has 0 spiro atoms. The van der Waals surface area contributed by atoms with Crippen LogP contribution in [0.1, 0.15) is 36.5 Å². The standard InChI is InChI=1S/C14H18N2O4/c1-10(13(17)16-5-3-2-4-6-16)20-12-7-11(14(18)19)8-15-9-12/h7-10H,2-6H2,1H3,(H,18,19). The highest BCUT2D eigenvalue weighted by molar-refractivity contribution is 5.87. The molecular weight excluding hydrogens is 260 g/mol. The molecule has 0 aromatic carbocycles. The number of hydrogen-bond donors (Lipinski definition) is 1. The third-order valence-corrected chi connectivity index (χ3v) is 3.29. The van der Waals surface area contributed by atoms with Crippen molar-refractivity contribution in [1.29, 1.82) is 0 Å². The maximum Gasteiger partial charge on any atom is 0.337 e. The summed E-state index contributed by atoms with van der Waals surface area (Å²) in [5.74, 6) is -0.842. The van der Waals surface area contributed by atoms with Gasteiger partial charge in [-0.15, -0.1) is 0 Å². The Kier molecular flexibility index (Phi) is 4.55. The molecule has 1 aliphatic heterocycles. The van der Waals surface area contributed by atoms with Crippen LogP contribution < -0.4 is 4.74 Å². The number of carbonyl (C=O) groups is 2. The summed E-state index contributed by atoms with van der Waals surface area (Å²) in [6.45, 7) is 3.20. The van der Waals surface area contributed by atoms with E-state index >= 15 is 0 Å². The van der Waals surface area contributed by atoms with E-state index in [1.807, 2.05) is 0 Å². The molecule has 108 valence electrons. The molecule has 20 heavy (non-hydrogen) atoms. The molecule has 2 heterocycles. The maximum absolute atomic E-state index is 12.2. The molecule has 1 saturated heterocycles. The Balaban J connectivity index is 1.99. The molecule has 1 unspecified atom stereocenters. The Labute approximate surface area is 117 Å². The van der Waals surface area contributed by atoms with Gasteiger partial charge in [-0.05, 0) is 32.3 Å². The van der Waals surface area contributed by atoms with Crippen molar-refractivity contribution in [1.82, 2.24) is 9.88 Å². The number of hydrogen-bond acceptors (Lipinski definition) is 4. The summed E-state index contributed by atoms with van der Waals surface area (Å²) in [5.41, 5.74) is 0.0418. The van der Waals surface area contributed by atoms with Crippen LogP contribution in [0.3, 0.4) is 0 Å². The smallest absolute Gasteiger partial charge is 0.337 e. The first-order valence-electron chi connectivity index (χ1n) is 6.71. The van der Waals surface area contributed by atoms with Gasteiger partial charge in [-0.1, -0.05) is 0 Å². The van der Waals surface area contributed by atoms with Crippen LogP contribution in [0.5, 0.6) is 5.75 Å². The molecule has 0 aliphatic carbocycles. The number of carboxylic acids is 1. The molecule has 1 aromatic rings. The van der Waals surface area contributed by atoms with Crippen LogP contribution in [-0.2, 0) is 4.79 Å². The van der Waals surface area contributed by atoms with Gasteiger partial charge in [-0.3, -0.25) is 9.78 Å². The van der Waals surface area contributed by atoms with Crippen LogP contribution in [0.4, 0.5) is 0 Å². The zero-order chi connectivity index (χ0) is 14.5. The summed E-state index contributed by atoms with van der Waals surface area (Å²) >= 11 is 0. The van der Waals surface area contributed by atoms with Crippen LogP contribution in [0.2, 0.25) is 0 Å². The molecule has 1 atom stereocenters. The molecule has 0 radical (unpaired) electrons. The van der Waals surface area contributed by atoms with Gasteiger partial charge in [-0.25, -0.2) is 4.79 Å². The Morgan fingerprint density at radius 1 is 1.30 bits per heavy atom. The topological polar surface area (TPSA) is 79.7 Å². The van der Waals surface area contributed by atoms with Crippen LogP contribution in [-0.4, -0.2) is 46.1 Å². The molecule has 1 aliphatic rings. The number of piperidine rings is 1. The van der Waals surface area contributed by atoms with Crippen molar-refractivity contribution in [2.24, 2.45) is 0 Å². The number of carbonyl (C=O) groups excluding carboxylic acids is 1. The SMILES string of the molecule is CC(Oc1cncc(C(=O)O)c1)C(=O)N1CCCCC1. The van der Waals surface area contributed by atoms with Crippen LogP contribution in [0.15, 0.2) is 18.5 Å². The van der Waals surface area contributed by atoms with Gasteiger partial charge in [0.25, 0.3) is 5.91 Å². The second-order valence-electron chi connectivity index (χ2n) is 4.86. The van der Waals surface area contributed by atoms with Crippen molar-refractivity contribution in [3.05, 3.63) is 24.0 Å². The Morgan fingerprint density at radius 2 is 2.00 bits per heavy atom. The van der Waals surface area contributed by atoms with Crippen molar-refractivity contribution in [3.8, 4) is 5.75 Å². The van der Waals surface area contributed by atoms with E-state index in [0.717, 1.165) is 32.4 Å². The van der Waals surface area contributed by atoms with Gasteiger partial charge < -0.3 is 14.7 Å². The molecule has 0 saturated carbocycles. The lowest BCUT2D eigenvalue weighted by atomic mass is 10.1. The molecule has 2 rings (SSSR count). The van der Waals surface area contributed by atoms with Crippen molar-refractivity contribution < 1.29 is 19.4 Å². The third-order valence-electron chi connectivity index (χ3n) is 3.29. The number of pyridine rings is 1. The van der Waals surface area contributed by atoms with Crippen molar-refractivity contribution in [2.75, 3.05) is 13.1 Å². The Morgan fingerprint density at radius 3 is 2.65 bits per heavy atom. The van der Waals surface area contributed by atoms with Gasteiger partial charge in [0, 0.05) is 19.3 Å². The van der Waals surface area contributed by atoms with Gasteiger partial charge in [0.2, 0.25) is 0 Å². The predicted octanol–water partition coefficient (Wildman–Crippen LogP) is 1.56. The Hall–Kier alpha value is -2.11. The largest absolute Gasteiger partial charge is 0.479 e. The highest BCUT2D eigenvalue weighted by Gasteiger charge is 2.23. The summed E-state index contributed by atoms with van der Waals surface area (Å²) in [4.78, 5) is 28.6. The summed E-state index contributed by atoms with van der Waals surface area (Å²) in [6.07, 6.45) is 5.21. The first kappa shape index (κ1) is 14.3. The number of aromatic carboxylic acids is 1. The summed E-state index contributed by atoms with van der Waals surface area (Å²) < 4.78 is 5.50. The minimum atomic E-state index is -1.07. The van der Waals surface area contributed by atoms with E-state index in [9.17, 15) is 9.59 Å². The summed E-state index contributed by atoms with van der Waals surface area (Å²) in [7, 11) is 0. The number of aromatic nitrogens is 1. The number of likely N-dealkylation sites (tertiary alicyclic amines) is 1. The maximum atomic E-state index is 12.2.